The van der Waals surface area contributed by atoms with Crippen LogP contribution in [0.4, 0.5) is 10.1 Å². The topological polar surface area (TPSA) is 15.6 Å². The molecular formula is C18H21FN2. The largest absolute Gasteiger partial charge is 0.366 e. The molecule has 0 spiro atoms. The van der Waals surface area contributed by atoms with E-state index in [0.29, 0.717) is 5.69 Å². The van der Waals surface area contributed by atoms with Gasteiger partial charge in [0, 0.05) is 13.6 Å². The van der Waals surface area contributed by atoms with Gasteiger partial charge in [-0.3, -0.25) is 0 Å². The molecule has 0 saturated heterocycles. The molecule has 0 unspecified atom stereocenters. The molecule has 0 aliphatic rings. The van der Waals surface area contributed by atoms with Crippen LogP contribution >= 0.6 is 0 Å². The fourth-order valence-corrected chi connectivity index (χ4v) is 2.10. The fraction of sp³-hybridized carbons (Fsp3) is 0.278. The zero-order valence-corrected chi connectivity index (χ0v) is 12.8. The van der Waals surface area contributed by atoms with E-state index in [2.05, 4.69) is 17.1 Å². The zero-order chi connectivity index (χ0) is 15.2. The van der Waals surface area contributed by atoms with Crippen LogP contribution in [0, 0.1) is 12.7 Å². The van der Waals surface area contributed by atoms with Crippen molar-refractivity contribution < 1.29 is 4.39 Å². The maximum atomic E-state index is 13.8. The molecule has 2 nitrogen and oxygen atoms in total. The first-order chi connectivity index (χ1) is 10.1. The predicted molar refractivity (Wildman–Crippen MR) is 86.8 cm³/mol. The smallest absolute Gasteiger partial charge is 0.125 e. The first kappa shape index (κ1) is 15.2. The molecule has 0 saturated carbocycles. The highest BCUT2D eigenvalue weighted by Gasteiger charge is 2.07. The lowest BCUT2D eigenvalue weighted by Gasteiger charge is -2.12. The van der Waals surface area contributed by atoms with Crippen LogP contribution < -0.4 is 0 Å². The fourth-order valence-electron chi connectivity index (χ4n) is 2.10. The number of hydrogen-bond donors (Lipinski definition) is 0. The summed E-state index contributed by atoms with van der Waals surface area (Å²) in [7, 11) is 1.95. The van der Waals surface area contributed by atoms with Crippen LogP contribution in [0.25, 0.3) is 0 Å². The van der Waals surface area contributed by atoms with Gasteiger partial charge in [-0.2, -0.15) is 0 Å². The van der Waals surface area contributed by atoms with Crippen molar-refractivity contribution in [2.45, 2.75) is 20.3 Å². The molecule has 3 heteroatoms. The third-order valence-electron chi connectivity index (χ3n) is 3.58. The lowest BCUT2D eigenvalue weighted by atomic mass is 9.99. The number of hydrogen-bond acceptors (Lipinski definition) is 1. The van der Waals surface area contributed by atoms with Gasteiger partial charge in [-0.1, -0.05) is 30.3 Å². The highest BCUT2D eigenvalue weighted by Crippen LogP contribution is 2.25. The molecule has 21 heavy (non-hydrogen) atoms. The van der Waals surface area contributed by atoms with Gasteiger partial charge in [0.15, 0.2) is 0 Å². The Morgan fingerprint density at radius 1 is 1.19 bits per heavy atom. The van der Waals surface area contributed by atoms with Crippen molar-refractivity contribution >= 4 is 12.0 Å². The summed E-state index contributed by atoms with van der Waals surface area (Å²) < 4.78 is 13.8. The molecule has 0 radical (unpaired) electrons. The number of benzene rings is 2. The Morgan fingerprint density at radius 2 is 1.90 bits per heavy atom. The second kappa shape index (κ2) is 7.02. The lowest BCUT2D eigenvalue weighted by molar-refractivity contribution is 0.552. The standard InChI is InChI=1S/C18H21FN2/c1-4-21(3)13-20-18-12-17(19)11-16(14(18)2)10-15-8-6-5-7-9-15/h5-9,11-13H,4,10H2,1-3H3. The second-order valence-corrected chi connectivity index (χ2v) is 5.19. The molecular weight excluding hydrogens is 263 g/mol. The van der Waals surface area contributed by atoms with Gasteiger partial charge in [-0.25, -0.2) is 9.38 Å². The molecule has 0 N–H and O–H groups in total. The van der Waals surface area contributed by atoms with Gasteiger partial charge in [0.2, 0.25) is 0 Å². The van der Waals surface area contributed by atoms with Crippen molar-refractivity contribution in [3.05, 3.63) is 65.0 Å². The monoisotopic (exact) mass is 284 g/mol. The van der Waals surface area contributed by atoms with E-state index < -0.39 is 0 Å². The van der Waals surface area contributed by atoms with E-state index >= 15 is 0 Å². The maximum absolute atomic E-state index is 13.8. The van der Waals surface area contributed by atoms with Crippen molar-refractivity contribution in [1.82, 2.24) is 4.90 Å². The van der Waals surface area contributed by atoms with Gasteiger partial charge < -0.3 is 4.90 Å². The molecule has 0 fully saturated rings. The van der Waals surface area contributed by atoms with Gasteiger partial charge in [0.1, 0.15) is 5.82 Å². The first-order valence-corrected chi connectivity index (χ1v) is 7.17. The lowest BCUT2D eigenvalue weighted by Crippen LogP contribution is -2.14. The molecule has 0 aromatic heterocycles. The van der Waals surface area contributed by atoms with E-state index in [0.717, 1.165) is 24.1 Å². The Hall–Kier alpha value is -2.16. The molecule has 2 rings (SSSR count). The van der Waals surface area contributed by atoms with Crippen LogP contribution in [0.3, 0.4) is 0 Å². The molecule has 0 bridgehead atoms. The van der Waals surface area contributed by atoms with Crippen molar-refractivity contribution in [1.29, 1.82) is 0 Å². The Balaban J connectivity index is 2.30. The van der Waals surface area contributed by atoms with E-state index in [1.165, 1.54) is 11.6 Å². The second-order valence-electron chi connectivity index (χ2n) is 5.19. The minimum Gasteiger partial charge on any atom is -0.366 e. The van der Waals surface area contributed by atoms with E-state index in [1.54, 1.807) is 12.4 Å². The van der Waals surface area contributed by atoms with Crippen molar-refractivity contribution in [2.24, 2.45) is 4.99 Å². The van der Waals surface area contributed by atoms with Crippen molar-refractivity contribution in [2.75, 3.05) is 13.6 Å². The molecule has 0 amide bonds. The average molecular weight is 284 g/mol. The van der Waals surface area contributed by atoms with Gasteiger partial charge in [0.05, 0.1) is 12.0 Å². The van der Waals surface area contributed by atoms with Crippen LogP contribution in [0.1, 0.15) is 23.6 Å². The minimum atomic E-state index is -0.238. The molecule has 0 heterocycles. The van der Waals surface area contributed by atoms with E-state index in [1.807, 2.05) is 44.0 Å². The quantitative estimate of drug-likeness (QED) is 0.589. The molecule has 0 aliphatic heterocycles. The zero-order valence-electron chi connectivity index (χ0n) is 12.8. The number of rotatable bonds is 5. The van der Waals surface area contributed by atoms with E-state index in [-0.39, 0.29) is 5.82 Å². The van der Waals surface area contributed by atoms with E-state index in [4.69, 9.17) is 0 Å². The van der Waals surface area contributed by atoms with Crippen LogP contribution in [-0.2, 0) is 6.42 Å². The highest BCUT2D eigenvalue weighted by atomic mass is 19.1. The van der Waals surface area contributed by atoms with Crippen molar-refractivity contribution in [3.8, 4) is 0 Å². The average Bonchev–Trinajstić information content (AvgIpc) is 2.49. The first-order valence-electron chi connectivity index (χ1n) is 7.17. The number of aliphatic imine (C=N–C) groups is 1. The van der Waals surface area contributed by atoms with Crippen LogP contribution in [-0.4, -0.2) is 24.8 Å². The summed E-state index contributed by atoms with van der Waals surface area (Å²) >= 11 is 0. The highest BCUT2D eigenvalue weighted by molar-refractivity contribution is 5.64. The Bertz CT molecular complexity index is 621. The van der Waals surface area contributed by atoms with Crippen LogP contribution in [0.15, 0.2) is 47.5 Å². The van der Waals surface area contributed by atoms with Crippen molar-refractivity contribution in [3.63, 3.8) is 0 Å². The summed E-state index contributed by atoms with van der Waals surface area (Å²) in [6.45, 7) is 4.91. The Kier molecular flexibility index (Phi) is 5.09. The Labute approximate surface area is 125 Å². The molecule has 2 aromatic rings. The molecule has 0 atom stereocenters. The molecule has 2 aromatic carbocycles. The third-order valence-corrected chi connectivity index (χ3v) is 3.58. The van der Waals surface area contributed by atoms with Gasteiger partial charge >= 0.3 is 0 Å². The van der Waals surface area contributed by atoms with Gasteiger partial charge in [0.25, 0.3) is 0 Å². The minimum absolute atomic E-state index is 0.238. The summed E-state index contributed by atoms with van der Waals surface area (Å²) in [5, 5.41) is 0. The summed E-state index contributed by atoms with van der Waals surface area (Å²) in [4.78, 5) is 6.36. The van der Waals surface area contributed by atoms with Gasteiger partial charge in [-0.15, -0.1) is 0 Å². The van der Waals surface area contributed by atoms with Gasteiger partial charge in [-0.05, 0) is 49.1 Å². The summed E-state index contributed by atoms with van der Waals surface area (Å²) in [6, 6.07) is 13.2. The normalized spacial score (nSPS) is 11.0. The SMILES string of the molecule is CCN(C)C=Nc1cc(F)cc(Cc2ccccc2)c1C. The van der Waals surface area contributed by atoms with E-state index in [9.17, 15) is 4.39 Å². The summed E-state index contributed by atoms with van der Waals surface area (Å²) in [6.07, 6.45) is 2.46. The predicted octanol–water partition coefficient (Wildman–Crippen LogP) is 4.34. The Morgan fingerprint density at radius 3 is 2.57 bits per heavy atom. The maximum Gasteiger partial charge on any atom is 0.125 e. The van der Waals surface area contributed by atoms with Crippen LogP contribution in [0.5, 0.6) is 0 Å². The van der Waals surface area contributed by atoms with Crippen LogP contribution in [0.2, 0.25) is 0 Å². The number of nitrogens with zero attached hydrogens (tertiary/aromatic N) is 2. The number of halogens is 1. The summed E-state index contributed by atoms with van der Waals surface area (Å²) in [5.74, 6) is -0.238. The third kappa shape index (κ3) is 4.15. The summed E-state index contributed by atoms with van der Waals surface area (Å²) in [5.41, 5.74) is 3.88. The molecule has 110 valence electrons. The molecule has 0 aliphatic carbocycles.